The summed E-state index contributed by atoms with van der Waals surface area (Å²) in [5.41, 5.74) is 2.99. The highest BCUT2D eigenvalue weighted by atomic mass is 16.3. The van der Waals surface area contributed by atoms with Gasteiger partial charge in [0.15, 0.2) is 0 Å². The summed E-state index contributed by atoms with van der Waals surface area (Å²) < 4.78 is 39.0. The molecule has 26 heavy (non-hydrogen) atoms. The van der Waals surface area contributed by atoms with Gasteiger partial charge in [0.25, 0.3) is 0 Å². The van der Waals surface area contributed by atoms with E-state index in [0.29, 0.717) is 19.3 Å². The number of aryl methyl sites for hydroxylation is 2. The van der Waals surface area contributed by atoms with Crippen molar-refractivity contribution in [1.29, 1.82) is 0 Å². The molecule has 2 atom stereocenters. The number of hydrogen-bond donors (Lipinski definition) is 2. The second-order valence-electron chi connectivity index (χ2n) is 7.13. The molecule has 1 aliphatic rings. The summed E-state index contributed by atoms with van der Waals surface area (Å²) in [5.74, 6) is -1.46. The van der Waals surface area contributed by atoms with Crippen LogP contribution in [0.1, 0.15) is 56.1 Å². The average molecular weight is 354 g/mol. The van der Waals surface area contributed by atoms with Crippen molar-refractivity contribution >= 4 is 0 Å². The van der Waals surface area contributed by atoms with Crippen LogP contribution in [-0.2, 0) is 12.8 Å². The number of allylic oxidation sites excluding steroid dienone is 3. The fourth-order valence-electron chi connectivity index (χ4n) is 3.78. The normalized spacial score (nSPS) is 23.0. The lowest BCUT2D eigenvalue weighted by Crippen LogP contribution is -2.17. The van der Waals surface area contributed by atoms with Gasteiger partial charge in [0.1, 0.15) is 11.5 Å². The first-order chi connectivity index (χ1) is 14.6. The quantitative estimate of drug-likeness (QED) is 0.657. The molecule has 0 spiro atoms. The molecule has 0 bridgehead atoms. The molecule has 3 rings (SSSR count). The van der Waals surface area contributed by atoms with Crippen LogP contribution < -0.4 is 0 Å². The zero-order valence-corrected chi connectivity index (χ0v) is 15.0. The molecule has 0 aromatic heterocycles. The lowest BCUT2D eigenvalue weighted by molar-refractivity contribution is 0.406. The first kappa shape index (κ1) is 12.8. The van der Waals surface area contributed by atoms with E-state index in [9.17, 15) is 10.2 Å². The highest BCUT2D eigenvalue weighted by Gasteiger charge is 2.30. The first-order valence-corrected chi connectivity index (χ1v) is 9.01. The lowest BCUT2D eigenvalue weighted by atomic mass is 9.73. The number of hydrogen-bond acceptors (Lipinski definition) is 2. The van der Waals surface area contributed by atoms with E-state index in [2.05, 4.69) is 0 Å². The van der Waals surface area contributed by atoms with Gasteiger partial charge in [-0.2, -0.15) is 0 Å². The lowest BCUT2D eigenvalue weighted by Gasteiger charge is -2.31. The number of aromatic hydroxyl groups is 2. The van der Waals surface area contributed by atoms with Gasteiger partial charge in [0.05, 0.1) is 2.74 Å². The Kier molecular flexibility index (Phi) is 3.85. The maximum atomic E-state index is 10.8. The first-order valence-electron chi connectivity index (χ1n) is 11.5. The molecule has 0 saturated heterocycles. The number of phenols is 2. The molecule has 0 aliphatic heterocycles. The zero-order valence-electron chi connectivity index (χ0n) is 20.0. The second kappa shape index (κ2) is 7.82. The van der Waals surface area contributed by atoms with Crippen molar-refractivity contribution in [2.24, 2.45) is 5.92 Å². The van der Waals surface area contributed by atoms with Crippen molar-refractivity contribution in [3.8, 4) is 11.5 Å². The van der Waals surface area contributed by atoms with Gasteiger partial charge in [0, 0.05) is 15.6 Å². The van der Waals surface area contributed by atoms with Crippen LogP contribution in [0.3, 0.4) is 0 Å². The maximum Gasteiger partial charge on any atom is 0.123 e. The summed E-state index contributed by atoms with van der Waals surface area (Å²) in [6.45, 7) is -1.38. The highest BCUT2D eigenvalue weighted by molar-refractivity contribution is 5.52. The Morgan fingerprint density at radius 1 is 1.15 bits per heavy atom. The zero-order chi connectivity index (χ0) is 22.8. The van der Waals surface area contributed by atoms with Crippen molar-refractivity contribution in [3.05, 3.63) is 82.9 Å². The van der Waals surface area contributed by atoms with E-state index in [4.69, 9.17) is 6.85 Å². The van der Waals surface area contributed by atoms with E-state index < -0.39 is 25.2 Å². The molecular formula is C24H28O2. The molecule has 2 N–H and O–H groups in total. The van der Waals surface area contributed by atoms with Crippen molar-refractivity contribution in [1.82, 2.24) is 0 Å². The summed E-state index contributed by atoms with van der Waals surface area (Å²) >= 11 is 0. The Morgan fingerprint density at radius 2 is 1.85 bits per heavy atom. The summed E-state index contributed by atoms with van der Waals surface area (Å²) in [7, 11) is 0. The van der Waals surface area contributed by atoms with Gasteiger partial charge in [0.2, 0.25) is 0 Å². The molecule has 0 saturated carbocycles. The predicted molar refractivity (Wildman–Crippen MR) is 108 cm³/mol. The third-order valence-electron chi connectivity index (χ3n) is 5.19. The summed E-state index contributed by atoms with van der Waals surface area (Å²) in [6, 6.07) is 13.2. The van der Waals surface area contributed by atoms with Crippen LogP contribution in [0.2, 0.25) is 0 Å². The third kappa shape index (κ3) is 4.01. The van der Waals surface area contributed by atoms with E-state index >= 15 is 0 Å². The van der Waals surface area contributed by atoms with Crippen LogP contribution in [0.25, 0.3) is 0 Å². The fourth-order valence-corrected chi connectivity index (χ4v) is 3.78. The molecule has 2 unspecified atom stereocenters. The topological polar surface area (TPSA) is 40.5 Å². The molecule has 2 aromatic carbocycles. The molecule has 1 aliphatic carbocycles. The van der Waals surface area contributed by atoms with Crippen LogP contribution in [0, 0.1) is 5.92 Å². The summed E-state index contributed by atoms with van der Waals surface area (Å²) in [6.07, 6.45) is 4.33. The van der Waals surface area contributed by atoms with E-state index in [1.54, 1.807) is 12.1 Å². The third-order valence-corrected chi connectivity index (χ3v) is 5.19. The Hall–Kier alpha value is -2.48. The molecule has 2 aromatic rings. The standard InChI is InChI=1S/C24H28O2/c1-16(2)20-12-9-17(3)13-21(20)24-22(25)14-19(15-23(24)26)11-10-18-7-5-4-6-8-18/h4-8,13-15,20-21,25-26H,1,9-12H2,2-3H3/i1D2,2D3. The predicted octanol–water partition coefficient (Wildman–Crippen LogP) is 5.90. The number of phenolic OH excluding ortho intramolecular Hbond substituents is 2. The SMILES string of the molecule is [2H]C([2H])=C(C1CCC(C)=CC1c1c(O)cc(CCc2ccccc2)cc1O)C([2H])([2H])[2H]. The van der Waals surface area contributed by atoms with Crippen LogP contribution >= 0.6 is 0 Å². The van der Waals surface area contributed by atoms with E-state index in [0.717, 1.165) is 23.1 Å². The Bertz CT molecular complexity index is 966. The summed E-state index contributed by atoms with van der Waals surface area (Å²) in [5, 5.41) is 21.6. The molecule has 0 fully saturated rings. The van der Waals surface area contributed by atoms with Gasteiger partial charge in [-0.05, 0) is 68.6 Å². The largest absolute Gasteiger partial charge is 0.507 e. The Morgan fingerprint density at radius 3 is 2.50 bits per heavy atom. The summed E-state index contributed by atoms with van der Waals surface area (Å²) in [4.78, 5) is 0. The van der Waals surface area contributed by atoms with Gasteiger partial charge in [-0.3, -0.25) is 0 Å². The number of benzene rings is 2. The molecular weight excluding hydrogens is 320 g/mol. The minimum Gasteiger partial charge on any atom is -0.507 e. The van der Waals surface area contributed by atoms with Crippen LogP contribution in [0.5, 0.6) is 11.5 Å². The van der Waals surface area contributed by atoms with E-state index in [1.807, 2.05) is 43.3 Å². The van der Waals surface area contributed by atoms with Crippen molar-refractivity contribution in [3.63, 3.8) is 0 Å². The molecule has 2 heteroatoms. The van der Waals surface area contributed by atoms with Crippen LogP contribution in [0.4, 0.5) is 0 Å². The van der Waals surface area contributed by atoms with Crippen molar-refractivity contribution in [2.75, 3.05) is 0 Å². The molecule has 0 amide bonds. The van der Waals surface area contributed by atoms with Gasteiger partial charge >= 0.3 is 0 Å². The van der Waals surface area contributed by atoms with Gasteiger partial charge in [-0.25, -0.2) is 0 Å². The minimum absolute atomic E-state index is 0.0922. The second-order valence-corrected chi connectivity index (χ2v) is 7.13. The molecule has 2 nitrogen and oxygen atoms in total. The number of rotatable bonds is 5. The van der Waals surface area contributed by atoms with Gasteiger partial charge < -0.3 is 10.2 Å². The van der Waals surface area contributed by atoms with Crippen LogP contribution in [-0.4, -0.2) is 10.2 Å². The molecule has 136 valence electrons. The monoisotopic (exact) mass is 353 g/mol. The van der Waals surface area contributed by atoms with Crippen molar-refractivity contribution < 1.29 is 17.1 Å². The van der Waals surface area contributed by atoms with Crippen LogP contribution in [0.15, 0.2) is 66.2 Å². The fraction of sp³-hybridized carbons (Fsp3) is 0.333. The highest BCUT2D eigenvalue weighted by Crippen LogP contribution is 2.46. The smallest absolute Gasteiger partial charge is 0.123 e. The van der Waals surface area contributed by atoms with E-state index in [-0.39, 0.29) is 22.6 Å². The van der Waals surface area contributed by atoms with E-state index in [1.165, 1.54) is 0 Å². The van der Waals surface area contributed by atoms with Gasteiger partial charge in [-0.15, -0.1) is 0 Å². The average Bonchev–Trinajstić information content (AvgIpc) is 2.67. The molecule has 0 radical (unpaired) electrons. The Labute approximate surface area is 163 Å². The molecule has 0 heterocycles. The minimum atomic E-state index is -2.58. The van der Waals surface area contributed by atoms with Crippen molar-refractivity contribution in [2.45, 2.75) is 45.4 Å². The maximum absolute atomic E-state index is 10.8. The van der Waals surface area contributed by atoms with Gasteiger partial charge in [-0.1, -0.05) is 54.1 Å². The Balaban J connectivity index is 1.97.